The van der Waals surface area contributed by atoms with E-state index in [1.807, 2.05) is 29.6 Å². The number of amides is 1. The number of nitrogens with zero attached hydrogens (tertiary/aromatic N) is 2. The monoisotopic (exact) mass is 589 g/mol. The molecular formula is C29H27N5O5S2. The highest BCUT2D eigenvalue weighted by Crippen LogP contribution is 2.71. The summed E-state index contributed by atoms with van der Waals surface area (Å²) in [4.78, 5) is 35.4. The number of hydrogen-bond acceptors (Lipinski definition) is 11. The number of carbonyl (C=O) groups excluding carboxylic acids is 2. The molecule has 5 unspecified atom stereocenters. The highest BCUT2D eigenvalue weighted by molar-refractivity contribution is 7.23. The highest BCUT2D eigenvalue weighted by atomic mass is 32.1. The maximum atomic E-state index is 13.0. The van der Waals surface area contributed by atoms with Crippen molar-refractivity contribution in [2.24, 2.45) is 29.6 Å². The summed E-state index contributed by atoms with van der Waals surface area (Å²) in [6, 6.07) is 11.2. The Morgan fingerprint density at radius 1 is 1.05 bits per heavy atom. The summed E-state index contributed by atoms with van der Waals surface area (Å²) < 4.78 is 16.3. The van der Waals surface area contributed by atoms with Gasteiger partial charge in [0.05, 0.1) is 32.9 Å². The van der Waals surface area contributed by atoms with Gasteiger partial charge in [0.25, 0.3) is 0 Å². The normalized spacial score (nSPS) is 23.4. The molecule has 4 N–H and O–H groups in total. The number of nitrogens with two attached hydrogens (primary N) is 1. The van der Waals surface area contributed by atoms with E-state index in [1.165, 1.54) is 22.7 Å². The van der Waals surface area contributed by atoms with Gasteiger partial charge in [0.2, 0.25) is 11.7 Å². The number of carbonyl (C=O) groups is 2. The minimum absolute atomic E-state index is 0.0449. The Morgan fingerprint density at radius 3 is 2.46 bits per heavy atom. The molecule has 4 aliphatic rings. The van der Waals surface area contributed by atoms with Crippen LogP contribution in [0.4, 0.5) is 22.3 Å². The Bertz CT molecular complexity index is 1680. The van der Waals surface area contributed by atoms with Crippen LogP contribution in [0.1, 0.15) is 6.42 Å². The number of Topliss-reactive ketones (excluding diaryl/α,β-unsaturated/α-hetero) is 1. The third-order valence-electron chi connectivity index (χ3n) is 8.29. The number of nitrogens with one attached hydrogen (secondary N) is 2. The topological polar surface area (TPSA) is 138 Å². The standard InChI is InChI=1S/C29H27N5O5S2/c1-37-18-8-14(9-19(38-2)24(18)39-3)32-29-34-26(30)25(41-29)28-33-17(11-40-28)12-5-4-6-13(7-12)31-27(36)22-16-10-15-20(22)21(15)23(16)35/h4-9,11,15-16,20-22H,10,30H2,1-3H3,(H,31,36)(H,32,34). The van der Waals surface area contributed by atoms with Crippen LogP contribution in [0.15, 0.2) is 41.8 Å². The fourth-order valence-electron chi connectivity index (χ4n) is 6.51. The summed E-state index contributed by atoms with van der Waals surface area (Å²) in [6.07, 6.45) is 0.883. The zero-order valence-corrected chi connectivity index (χ0v) is 24.1. The van der Waals surface area contributed by atoms with Crippen molar-refractivity contribution in [3.8, 4) is 38.4 Å². The molecule has 12 heteroatoms. The Hall–Kier alpha value is -4.16. The number of benzene rings is 2. The van der Waals surface area contributed by atoms with Gasteiger partial charge in [-0.2, -0.15) is 0 Å². The molecule has 0 saturated heterocycles. The zero-order chi connectivity index (χ0) is 28.4. The van der Waals surface area contributed by atoms with E-state index in [4.69, 9.17) is 24.9 Å². The Labute approximate surface area is 243 Å². The third kappa shape index (κ3) is 4.20. The lowest BCUT2D eigenvalue weighted by atomic mass is 9.96. The molecule has 2 heterocycles. The number of ketones is 1. The maximum Gasteiger partial charge on any atom is 0.228 e. The van der Waals surface area contributed by atoms with E-state index in [2.05, 4.69) is 15.6 Å². The first kappa shape index (κ1) is 25.8. The van der Waals surface area contributed by atoms with Crippen molar-refractivity contribution in [3.63, 3.8) is 0 Å². The van der Waals surface area contributed by atoms with E-state index >= 15 is 0 Å². The Kier molecular flexibility index (Phi) is 6.12. The zero-order valence-electron chi connectivity index (χ0n) is 22.5. The molecule has 0 radical (unpaired) electrons. The van der Waals surface area contributed by atoms with Crippen LogP contribution >= 0.6 is 22.7 Å². The van der Waals surface area contributed by atoms with Crippen LogP contribution in [0.3, 0.4) is 0 Å². The van der Waals surface area contributed by atoms with Gasteiger partial charge in [0.15, 0.2) is 16.6 Å². The number of nitrogen functional groups attached to an aromatic ring is 1. The first-order valence-corrected chi connectivity index (χ1v) is 14.8. The average Bonchev–Trinajstić information content (AvgIpc) is 3.52. The van der Waals surface area contributed by atoms with E-state index in [9.17, 15) is 9.59 Å². The van der Waals surface area contributed by atoms with Gasteiger partial charge >= 0.3 is 0 Å². The molecule has 210 valence electrons. The molecule has 1 amide bonds. The van der Waals surface area contributed by atoms with Crippen molar-refractivity contribution in [2.75, 3.05) is 37.7 Å². The van der Waals surface area contributed by atoms with Crippen molar-refractivity contribution in [3.05, 3.63) is 41.8 Å². The molecule has 5 atom stereocenters. The van der Waals surface area contributed by atoms with E-state index < -0.39 is 0 Å². The number of thiazole rings is 2. The number of ether oxygens (including phenoxy) is 3. The Morgan fingerprint density at radius 2 is 1.83 bits per heavy atom. The summed E-state index contributed by atoms with van der Waals surface area (Å²) >= 11 is 2.86. The van der Waals surface area contributed by atoms with Crippen LogP contribution in [0.2, 0.25) is 0 Å². The van der Waals surface area contributed by atoms with Gasteiger partial charge in [-0.25, -0.2) is 9.97 Å². The van der Waals surface area contributed by atoms with E-state index in [0.29, 0.717) is 51.3 Å². The average molecular weight is 590 g/mol. The molecule has 2 aromatic carbocycles. The summed E-state index contributed by atoms with van der Waals surface area (Å²) in [7, 11) is 4.68. The van der Waals surface area contributed by atoms with Gasteiger partial charge in [-0.1, -0.05) is 23.5 Å². The van der Waals surface area contributed by atoms with Gasteiger partial charge in [0, 0.05) is 46.3 Å². The smallest absolute Gasteiger partial charge is 0.228 e. The minimum atomic E-state index is -0.177. The lowest BCUT2D eigenvalue weighted by molar-refractivity contribution is -0.126. The van der Waals surface area contributed by atoms with E-state index in [-0.39, 0.29) is 29.6 Å². The van der Waals surface area contributed by atoms with E-state index in [1.54, 1.807) is 33.5 Å². The maximum absolute atomic E-state index is 13.0. The van der Waals surface area contributed by atoms with Crippen LogP contribution in [-0.2, 0) is 9.59 Å². The van der Waals surface area contributed by atoms with Crippen molar-refractivity contribution in [1.82, 2.24) is 9.97 Å². The van der Waals surface area contributed by atoms with Gasteiger partial charge in [-0.15, -0.1) is 11.3 Å². The first-order valence-electron chi connectivity index (χ1n) is 13.1. The minimum Gasteiger partial charge on any atom is -0.493 e. The molecule has 4 saturated carbocycles. The quantitative estimate of drug-likeness (QED) is 0.237. The van der Waals surface area contributed by atoms with Crippen LogP contribution in [0.5, 0.6) is 17.2 Å². The second kappa shape index (κ2) is 9.74. The van der Waals surface area contributed by atoms with Crippen molar-refractivity contribution in [2.45, 2.75) is 6.42 Å². The van der Waals surface area contributed by atoms with E-state index in [0.717, 1.165) is 27.6 Å². The molecular weight excluding hydrogens is 562 g/mol. The fraction of sp³-hybridized carbons (Fsp3) is 0.310. The van der Waals surface area contributed by atoms with Gasteiger partial charge in [-0.3, -0.25) is 9.59 Å². The summed E-state index contributed by atoms with van der Waals surface area (Å²) in [5.74, 6) is 2.75. The van der Waals surface area contributed by atoms with Gasteiger partial charge < -0.3 is 30.6 Å². The van der Waals surface area contributed by atoms with Crippen LogP contribution in [0.25, 0.3) is 21.1 Å². The second-order valence-corrected chi connectivity index (χ2v) is 12.3. The molecule has 10 nitrogen and oxygen atoms in total. The largest absolute Gasteiger partial charge is 0.493 e. The lowest BCUT2D eigenvalue weighted by Gasteiger charge is -2.14. The third-order valence-corrected chi connectivity index (χ3v) is 10.3. The number of aromatic nitrogens is 2. The summed E-state index contributed by atoms with van der Waals surface area (Å²) in [6.45, 7) is 0. The summed E-state index contributed by atoms with van der Waals surface area (Å²) in [5.41, 5.74) is 9.35. The van der Waals surface area contributed by atoms with Crippen molar-refractivity contribution >= 4 is 56.7 Å². The molecule has 4 aliphatic carbocycles. The molecule has 4 fully saturated rings. The highest BCUT2D eigenvalue weighted by Gasteiger charge is 2.75. The predicted octanol–water partition coefficient (Wildman–Crippen LogP) is 5.30. The molecule has 8 rings (SSSR count). The molecule has 0 aliphatic heterocycles. The van der Waals surface area contributed by atoms with Crippen molar-refractivity contribution in [1.29, 1.82) is 0 Å². The molecule has 4 bridgehead atoms. The summed E-state index contributed by atoms with van der Waals surface area (Å²) in [5, 5.41) is 9.61. The lowest BCUT2D eigenvalue weighted by Crippen LogP contribution is -2.27. The Balaban J connectivity index is 1.08. The SMILES string of the molecule is COc1cc(Nc2nc(N)c(-c3nc(-c4cccc(NC(=O)C5C6CC7C(C6=O)C75)c4)cs3)s2)cc(OC)c1OC. The predicted molar refractivity (Wildman–Crippen MR) is 158 cm³/mol. The van der Waals surface area contributed by atoms with Gasteiger partial charge in [-0.05, 0) is 30.4 Å². The van der Waals surface area contributed by atoms with Crippen molar-refractivity contribution < 1.29 is 23.8 Å². The first-order chi connectivity index (χ1) is 19.9. The van der Waals surface area contributed by atoms with Crippen LogP contribution < -0.4 is 30.6 Å². The molecule has 4 aromatic rings. The van der Waals surface area contributed by atoms with Gasteiger partial charge in [0.1, 0.15) is 21.5 Å². The number of anilines is 4. The van der Waals surface area contributed by atoms with Crippen LogP contribution in [-0.4, -0.2) is 43.0 Å². The number of methoxy groups -OCH3 is 3. The second-order valence-electron chi connectivity index (χ2n) is 10.4. The fourth-order valence-corrected chi connectivity index (χ4v) is 8.34. The molecule has 41 heavy (non-hydrogen) atoms. The molecule has 0 spiro atoms. The van der Waals surface area contributed by atoms with Crippen LogP contribution in [0, 0.1) is 29.6 Å². The molecule has 2 aromatic heterocycles. The number of hydrogen-bond donors (Lipinski definition) is 3. The number of rotatable bonds is 9.